The van der Waals surface area contributed by atoms with Crippen molar-refractivity contribution in [3.8, 4) is 0 Å². The fourth-order valence-electron chi connectivity index (χ4n) is 0.405. The largest absolute Gasteiger partial charge is 0.365 e. The minimum Gasteiger partial charge on any atom is -0.365 e. The molecule has 0 aromatic rings. The minimum atomic E-state index is -0.511. The molecule has 0 aromatic carbocycles. The van der Waals surface area contributed by atoms with E-state index in [1.165, 1.54) is 0 Å². The average molecular weight is 144 g/mol. The smallest absolute Gasteiger partial charge is 0.262 e. The van der Waals surface area contributed by atoms with Crippen molar-refractivity contribution in [3.05, 3.63) is 12.7 Å². The fraction of sp³-hybridized carbons (Fsp3) is 0.500. The summed E-state index contributed by atoms with van der Waals surface area (Å²) in [6.07, 6.45) is 1.06. The van der Waals surface area contributed by atoms with Crippen molar-refractivity contribution >= 4 is 5.91 Å². The summed E-state index contributed by atoms with van der Waals surface area (Å²) in [5, 5.41) is 0. The molecule has 0 spiro atoms. The van der Waals surface area contributed by atoms with Gasteiger partial charge >= 0.3 is 0 Å². The standard InChI is InChI=1S/C6H12N2O2/c1-3-4-10-5(2)6(9)8-7/h3,5H,1,4,7H2,2H3,(H,8,9). The van der Waals surface area contributed by atoms with E-state index in [2.05, 4.69) is 6.58 Å². The fourth-order valence-corrected chi connectivity index (χ4v) is 0.405. The molecule has 10 heavy (non-hydrogen) atoms. The highest BCUT2D eigenvalue weighted by molar-refractivity contribution is 5.79. The summed E-state index contributed by atoms with van der Waals surface area (Å²) < 4.78 is 4.93. The lowest BCUT2D eigenvalue weighted by molar-refractivity contribution is -0.131. The van der Waals surface area contributed by atoms with Crippen LogP contribution in [0.2, 0.25) is 0 Å². The molecule has 0 bridgehead atoms. The van der Waals surface area contributed by atoms with Crippen LogP contribution in [0.1, 0.15) is 6.92 Å². The topological polar surface area (TPSA) is 64.3 Å². The van der Waals surface area contributed by atoms with E-state index in [1.54, 1.807) is 13.0 Å². The number of ether oxygens (including phenoxy) is 1. The molecule has 4 heteroatoms. The van der Waals surface area contributed by atoms with Crippen LogP contribution in [0.5, 0.6) is 0 Å². The van der Waals surface area contributed by atoms with Gasteiger partial charge in [-0.05, 0) is 6.92 Å². The van der Waals surface area contributed by atoms with E-state index in [4.69, 9.17) is 10.6 Å². The second-order valence-corrected chi connectivity index (χ2v) is 1.77. The highest BCUT2D eigenvalue weighted by atomic mass is 16.5. The number of carbonyl (C=O) groups excluding carboxylic acids is 1. The van der Waals surface area contributed by atoms with Crippen molar-refractivity contribution in [3.63, 3.8) is 0 Å². The molecule has 0 fully saturated rings. The molecule has 1 atom stereocenters. The van der Waals surface area contributed by atoms with Gasteiger partial charge in [-0.2, -0.15) is 0 Å². The highest BCUT2D eigenvalue weighted by Crippen LogP contribution is 1.88. The van der Waals surface area contributed by atoms with Crippen molar-refractivity contribution in [2.24, 2.45) is 5.84 Å². The molecule has 0 aliphatic rings. The van der Waals surface area contributed by atoms with E-state index in [0.29, 0.717) is 6.61 Å². The Bertz CT molecular complexity index is 125. The highest BCUT2D eigenvalue weighted by Gasteiger charge is 2.09. The third-order valence-corrected chi connectivity index (χ3v) is 0.976. The zero-order valence-electron chi connectivity index (χ0n) is 5.96. The van der Waals surface area contributed by atoms with E-state index < -0.39 is 6.10 Å². The molecule has 58 valence electrons. The second kappa shape index (κ2) is 4.96. The van der Waals surface area contributed by atoms with Crippen LogP contribution < -0.4 is 11.3 Å². The maximum atomic E-state index is 10.6. The molecule has 0 aliphatic carbocycles. The van der Waals surface area contributed by atoms with Gasteiger partial charge in [-0.3, -0.25) is 10.2 Å². The lowest BCUT2D eigenvalue weighted by atomic mass is 10.4. The maximum Gasteiger partial charge on any atom is 0.262 e. The van der Waals surface area contributed by atoms with Crippen molar-refractivity contribution in [2.45, 2.75) is 13.0 Å². The Labute approximate surface area is 60.0 Å². The quantitative estimate of drug-likeness (QED) is 0.243. The Balaban J connectivity index is 3.50. The van der Waals surface area contributed by atoms with E-state index in [-0.39, 0.29) is 5.91 Å². The second-order valence-electron chi connectivity index (χ2n) is 1.77. The Hall–Kier alpha value is -0.870. The minimum absolute atomic E-state index is 0.332. The third kappa shape index (κ3) is 3.21. The van der Waals surface area contributed by atoms with E-state index in [9.17, 15) is 4.79 Å². The molecule has 0 saturated carbocycles. The molecular weight excluding hydrogens is 132 g/mol. The van der Waals surface area contributed by atoms with Crippen LogP contribution in [0.4, 0.5) is 0 Å². The number of carbonyl (C=O) groups is 1. The average Bonchev–Trinajstić information content (AvgIpc) is 1.98. The van der Waals surface area contributed by atoms with E-state index in [0.717, 1.165) is 0 Å². The zero-order valence-corrected chi connectivity index (χ0v) is 5.96. The first-order valence-electron chi connectivity index (χ1n) is 2.95. The summed E-state index contributed by atoms with van der Waals surface area (Å²) in [5.74, 6) is 4.51. The lowest BCUT2D eigenvalue weighted by Gasteiger charge is -2.08. The molecule has 0 heterocycles. The molecular formula is C6H12N2O2. The van der Waals surface area contributed by atoms with Gasteiger partial charge in [0.05, 0.1) is 6.61 Å². The van der Waals surface area contributed by atoms with Crippen molar-refractivity contribution in [2.75, 3.05) is 6.61 Å². The van der Waals surface area contributed by atoms with Crippen LogP contribution in [0.3, 0.4) is 0 Å². The predicted molar refractivity (Wildman–Crippen MR) is 37.9 cm³/mol. The Kier molecular flexibility index (Phi) is 4.53. The summed E-state index contributed by atoms with van der Waals surface area (Å²) in [7, 11) is 0. The molecule has 0 aromatic heterocycles. The molecule has 1 amide bonds. The number of rotatable bonds is 4. The lowest BCUT2D eigenvalue weighted by Crippen LogP contribution is -2.38. The van der Waals surface area contributed by atoms with Crippen LogP contribution in [0.25, 0.3) is 0 Å². The number of hydrogen-bond acceptors (Lipinski definition) is 3. The summed E-state index contributed by atoms with van der Waals surface area (Å²) in [4.78, 5) is 10.6. The van der Waals surface area contributed by atoms with Gasteiger partial charge in [-0.1, -0.05) is 6.08 Å². The van der Waals surface area contributed by atoms with Crippen molar-refractivity contribution in [1.82, 2.24) is 5.43 Å². The zero-order chi connectivity index (χ0) is 7.98. The van der Waals surface area contributed by atoms with Crippen LogP contribution in [-0.2, 0) is 9.53 Å². The Morgan fingerprint density at radius 2 is 2.60 bits per heavy atom. The number of nitrogens with two attached hydrogens (primary N) is 1. The maximum absolute atomic E-state index is 10.6. The van der Waals surface area contributed by atoms with E-state index >= 15 is 0 Å². The molecule has 0 saturated heterocycles. The van der Waals surface area contributed by atoms with Crippen LogP contribution in [-0.4, -0.2) is 18.6 Å². The van der Waals surface area contributed by atoms with E-state index in [1.807, 2.05) is 5.43 Å². The van der Waals surface area contributed by atoms with Crippen LogP contribution in [0, 0.1) is 0 Å². The SMILES string of the molecule is C=CCOC(C)C(=O)NN. The molecule has 1 unspecified atom stereocenters. The predicted octanol–water partition coefficient (Wildman–Crippen LogP) is -0.433. The summed E-state index contributed by atoms with van der Waals surface area (Å²) in [6, 6.07) is 0. The number of amides is 1. The van der Waals surface area contributed by atoms with Gasteiger partial charge in [0.1, 0.15) is 6.10 Å². The molecule has 0 radical (unpaired) electrons. The first-order valence-corrected chi connectivity index (χ1v) is 2.95. The number of nitrogens with one attached hydrogen (secondary N) is 1. The van der Waals surface area contributed by atoms with Gasteiger partial charge in [0.2, 0.25) is 0 Å². The van der Waals surface area contributed by atoms with Gasteiger partial charge in [0.15, 0.2) is 0 Å². The molecule has 0 aliphatic heterocycles. The van der Waals surface area contributed by atoms with Gasteiger partial charge in [-0.15, -0.1) is 6.58 Å². The van der Waals surface area contributed by atoms with Gasteiger partial charge < -0.3 is 4.74 Å². The van der Waals surface area contributed by atoms with Crippen LogP contribution in [0.15, 0.2) is 12.7 Å². The Morgan fingerprint density at radius 1 is 2.00 bits per heavy atom. The summed E-state index contributed by atoms with van der Waals surface area (Å²) in [5.41, 5.74) is 1.98. The first kappa shape index (κ1) is 9.13. The normalized spacial score (nSPS) is 12.2. The molecule has 0 rings (SSSR count). The third-order valence-electron chi connectivity index (χ3n) is 0.976. The summed E-state index contributed by atoms with van der Waals surface area (Å²) in [6.45, 7) is 5.40. The number of hydrogen-bond donors (Lipinski definition) is 2. The van der Waals surface area contributed by atoms with Crippen LogP contribution >= 0.6 is 0 Å². The van der Waals surface area contributed by atoms with Crippen molar-refractivity contribution < 1.29 is 9.53 Å². The first-order chi connectivity index (χ1) is 4.72. The van der Waals surface area contributed by atoms with Gasteiger partial charge in [0, 0.05) is 0 Å². The van der Waals surface area contributed by atoms with Gasteiger partial charge in [-0.25, -0.2) is 5.84 Å². The Morgan fingerprint density at radius 3 is 3.00 bits per heavy atom. The van der Waals surface area contributed by atoms with Gasteiger partial charge in [0.25, 0.3) is 5.91 Å². The molecule has 3 N–H and O–H groups in total. The van der Waals surface area contributed by atoms with Crippen molar-refractivity contribution in [1.29, 1.82) is 0 Å². The summed E-state index contributed by atoms with van der Waals surface area (Å²) >= 11 is 0. The monoisotopic (exact) mass is 144 g/mol. The molecule has 4 nitrogen and oxygen atoms in total. The number of hydrazine groups is 1.